The minimum Gasteiger partial charge on any atom is -0.497 e. The molecule has 3 heterocycles. The summed E-state index contributed by atoms with van der Waals surface area (Å²) in [7, 11) is 1.62. The Labute approximate surface area is 186 Å². The molecular weight excluding hydrogens is 406 g/mol. The lowest BCUT2D eigenvalue weighted by molar-refractivity contribution is 0.0944. The predicted molar refractivity (Wildman–Crippen MR) is 119 cm³/mol. The Hall–Kier alpha value is -4.13. The lowest BCUT2D eigenvalue weighted by atomic mass is 10.2. The zero-order valence-corrected chi connectivity index (χ0v) is 17.9. The average molecular weight is 429 g/mol. The zero-order valence-electron chi connectivity index (χ0n) is 17.9. The van der Waals surface area contributed by atoms with Crippen molar-refractivity contribution in [2.45, 2.75) is 20.1 Å². The molecule has 1 aliphatic rings. The van der Waals surface area contributed by atoms with Crippen molar-refractivity contribution >= 4 is 5.91 Å². The lowest BCUT2D eigenvalue weighted by Gasteiger charge is -2.04. The largest absolute Gasteiger partial charge is 0.497 e. The van der Waals surface area contributed by atoms with Crippen LogP contribution in [0.4, 0.5) is 0 Å². The quantitative estimate of drug-likeness (QED) is 0.500. The van der Waals surface area contributed by atoms with Gasteiger partial charge in [-0.25, -0.2) is 4.98 Å². The van der Waals surface area contributed by atoms with Gasteiger partial charge in [-0.3, -0.25) is 9.78 Å². The summed E-state index contributed by atoms with van der Waals surface area (Å²) in [5, 5.41) is 2.80. The molecular formula is C25H23N3O4. The van der Waals surface area contributed by atoms with E-state index in [0.29, 0.717) is 17.3 Å². The maximum Gasteiger partial charge on any atom is 0.270 e. The number of fused-ring (bicyclic) bond motifs is 2. The van der Waals surface area contributed by atoms with Crippen molar-refractivity contribution < 1.29 is 18.7 Å². The van der Waals surface area contributed by atoms with Crippen molar-refractivity contribution in [3.63, 3.8) is 0 Å². The van der Waals surface area contributed by atoms with Crippen LogP contribution in [0.1, 0.15) is 27.3 Å². The maximum absolute atomic E-state index is 12.1. The number of pyridine rings is 1. The van der Waals surface area contributed by atoms with E-state index in [2.05, 4.69) is 27.4 Å². The highest BCUT2D eigenvalue weighted by Crippen LogP contribution is 2.22. The zero-order chi connectivity index (χ0) is 22.3. The van der Waals surface area contributed by atoms with Gasteiger partial charge in [0.1, 0.15) is 30.1 Å². The molecule has 1 amide bonds. The normalized spacial score (nSPS) is 11.2. The first-order valence-electron chi connectivity index (χ1n) is 10.1. The summed E-state index contributed by atoms with van der Waals surface area (Å²) in [5.74, 6) is 2.03. The molecule has 0 fully saturated rings. The molecule has 0 aliphatic carbocycles. The second kappa shape index (κ2) is 9.78. The van der Waals surface area contributed by atoms with Crippen LogP contribution in [-0.4, -0.2) is 23.0 Å². The number of aromatic nitrogens is 2. The molecule has 0 saturated carbocycles. The third kappa shape index (κ3) is 5.13. The molecule has 2 aromatic carbocycles. The molecule has 1 N–H and O–H groups in total. The first-order chi connectivity index (χ1) is 15.6. The summed E-state index contributed by atoms with van der Waals surface area (Å²) >= 11 is 0. The average Bonchev–Trinajstić information content (AvgIpc) is 3.44. The van der Waals surface area contributed by atoms with E-state index in [1.807, 2.05) is 49.4 Å². The summed E-state index contributed by atoms with van der Waals surface area (Å²) in [6, 6.07) is 19.2. The number of amides is 1. The van der Waals surface area contributed by atoms with Crippen LogP contribution in [0, 0.1) is 6.92 Å². The van der Waals surface area contributed by atoms with Gasteiger partial charge in [0, 0.05) is 11.8 Å². The van der Waals surface area contributed by atoms with Crippen LogP contribution in [0.5, 0.6) is 11.5 Å². The van der Waals surface area contributed by atoms with Crippen LogP contribution in [-0.2, 0) is 13.2 Å². The van der Waals surface area contributed by atoms with Crippen LogP contribution in [0.25, 0.3) is 11.5 Å². The molecule has 0 unspecified atom stereocenters. The van der Waals surface area contributed by atoms with Crippen molar-refractivity contribution in [3.05, 3.63) is 95.6 Å². The maximum atomic E-state index is 12.1. The van der Waals surface area contributed by atoms with Gasteiger partial charge in [0.05, 0.1) is 19.3 Å². The van der Waals surface area contributed by atoms with Gasteiger partial charge in [-0.2, -0.15) is 0 Å². The van der Waals surface area contributed by atoms with E-state index in [0.717, 1.165) is 29.2 Å². The first kappa shape index (κ1) is 21.1. The molecule has 1 aliphatic heterocycles. The number of nitrogens with zero attached hydrogens (tertiary/aromatic N) is 2. The van der Waals surface area contributed by atoms with Crippen molar-refractivity contribution in [3.8, 4) is 23.0 Å². The van der Waals surface area contributed by atoms with Gasteiger partial charge in [-0.15, -0.1) is 0 Å². The van der Waals surface area contributed by atoms with Crippen molar-refractivity contribution in [1.82, 2.24) is 15.3 Å². The number of ether oxygens (including phenoxy) is 2. The third-order valence-corrected chi connectivity index (χ3v) is 4.85. The molecule has 2 aromatic heterocycles. The number of methoxy groups -OCH3 is 1. The van der Waals surface area contributed by atoms with E-state index in [1.54, 1.807) is 19.4 Å². The highest BCUT2D eigenvalue weighted by atomic mass is 16.5. The Kier molecular flexibility index (Phi) is 6.46. The SMILES string of the molecule is COc1ccc(-c2nc(CNC(=O)c3ncccc3C)co2)cc1.c1cc2cc(c1)OC2. The van der Waals surface area contributed by atoms with Gasteiger partial charge in [0.2, 0.25) is 5.89 Å². The van der Waals surface area contributed by atoms with E-state index in [4.69, 9.17) is 13.9 Å². The Balaban J connectivity index is 0.000000254. The van der Waals surface area contributed by atoms with Crippen LogP contribution < -0.4 is 14.8 Å². The summed E-state index contributed by atoms with van der Waals surface area (Å²) in [6.45, 7) is 2.89. The monoisotopic (exact) mass is 429 g/mol. The second-order valence-corrected chi connectivity index (χ2v) is 7.16. The lowest BCUT2D eigenvalue weighted by Crippen LogP contribution is -2.24. The van der Waals surface area contributed by atoms with Gasteiger partial charge < -0.3 is 19.2 Å². The summed E-state index contributed by atoms with van der Waals surface area (Å²) < 4.78 is 15.8. The Morgan fingerprint density at radius 1 is 1.12 bits per heavy atom. The summed E-state index contributed by atoms with van der Waals surface area (Å²) in [4.78, 5) is 20.6. The Bertz CT molecular complexity index is 1180. The molecule has 0 radical (unpaired) electrons. The van der Waals surface area contributed by atoms with Crippen LogP contribution >= 0.6 is 0 Å². The molecule has 0 saturated heterocycles. The first-order valence-corrected chi connectivity index (χ1v) is 10.1. The number of benzene rings is 2. The van der Waals surface area contributed by atoms with Gasteiger partial charge >= 0.3 is 0 Å². The third-order valence-electron chi connectivity index (χ3n) is 4.85. The topological polar surface area (TPSA) is 86.5 Å². The molecule has 2 bridgehead atoms. The van der Waals surface area contributed by atoms with E-state index >= 15 is 0 Å². The number of carbonyl (C=O) groups excluding carboxylic acids is 1. The molecule has 4 aromatic rings. The number of rotatable bonds is 5. The standard InChI is InChI=1S/C18H17N3O3.C7H6O/c1-12-4-3-9-19-16(12)17(22)20-10-14-11-24-18(21-14)13-5-7-15(23-2)8-6-13;1-2-6-4-7(3-1)8-5-6/h3-9,11H,10H2,1-2H3,(H,20,22);1-4H,5H2. The number of aryl methyl sites for hydroxylation is 1. The number of hydrogen-bond acceptors (Lipinski definition) is 6. The molecule has 5 rings (SSSR count). The molecule has 162 valence electrons. The smallest absolute Gasteiger partial charge is 0.270 e. The van der Waals surface area contributed by atoms with Crippen molar-refractivity contribution in [2.24, 2.45) is 0 Å². The summed E-state index contributed by atoms with van der Waals surface area (Å²) in [6.07, 6.45) is 3.13. The van der Waals surface area contributed by atoms with Crippen LogP contribution in [0.2, 0.25) is 0 Å². The number of hydrogen-bond donors (Lipinski definition) is 1. The van der Waals surface area contributed by atoms with Gasteiger partial charge in [0.15, 0.2) is 0 Å². The number of oxazole rings is 1. The fourth-order valence-electron chi connectivity index (χ4n) is 3.12. The molecule has 0 spiro atoms. The van der Waals surface area contributed by atoms with Crippen LogP contribution in [0.3, 0.4) is 0 Å². The van der Waals surface area contributed by atoms with E-state index in [-0.39, 0.29) is 12.5 Å². The van der Waals surface area contributed by atoms with Crippen molar-refractivity contribution in [1.29, 1.82) is 0 Å². The Morgan fingerprint density at radius 2 is 1.97 bits per heavy atom. The highest BCUT2D eigenvalue weighted by molar-refractivity contribution is 5.93. The number of nitrogens with one attached hydrogen (secondary N) is 1. The van der Waals surface area contributed by atoms with E-state index < -0.39 is 0 Å². The predicted octanol–water partition coefficient (Wildman–Crippen LogP) is 4.56. The molecule has 7 heteroatoms. The number of carbonyl (C=O) groups is 1. The Morgan fingerprint density at radius 3 is 2.69 bits per heavy atom. The minimum atomic E-state index is -0.234. The van der Waals surface area contributed by atoms with Crippen LogP contribution in [0.15, 0.2) is 77.5 Å². The van der Waals surface area contributed by atoms with Gasteiger partial charge in [-0.05, 0) is 60.5 Å². The highest BCUT2D eigenvalue weighted by Gasteiger charge is 2.12. The van der Waals surface area contributed by atoms with E-state index in [1.165, 1.54) is 11.8 Å². The molecule has 7 nitrogen and oxygen atoms in total. The van der Waals surface area contributed by atoms with Gasteiger partial charge in [0.25, 0.3) is 5.91 Å². The van der Waals surface area contributed by atoms with Gasteiger partial charge in [-0.1, -0.05) is 18.2 Å². The fourth-order valence-corrected chi connectivity index (χ4v) is 3.12. The fraction of sp³-hybridized carbons (Fsp3) is 0.160. The van der Waals surface area contributed by atoms with Crippen molar-refractivity contribution in [2.75, 3.05) is 7.11 Å². The molecule has 0 atom stereocenters. The van der Waals surface area contributed by atoms with E-state index in [9.17, 15) is 4.79 Å². The summed E-state index contributed by atoms with van der Waals surface area (Å²) in [5.41, 5.74) is 4.00. The minimum absolute atomic E-state index is 0.234. The second-order valence-electron chi connectivity index (χ2n) is 7.16. The molecule has 32 heavy (non-hydrogen) atoms.